The molecule has 0 spiro atoms. The van der Waals surface area contributed by atoms with E-state index < -0.39 is 10.8 Å². The molecular formula is C11H14N2O4. The number of nitrogens with one attached hydrogen (secondary N) is 1. The number of carbonyl (C=O) groups excluding carboxylic acids is 1. The molecule has 6 heteroatoms. The van der Waals surface area contributed by atoms with Crippen molar-refractivity contribution in [3.8, 4) is 0 Å². The highest BCUT2D eigenvalue weighted by molar-refractivity contribution is 5.93. The van der Waals surface area contributed by atoms with E-state index in [1.54, 1.807) is 0 Å². The lowest BCUT2D eigenvalue weighted by Gasteiger charge is -2.04. The number of hydrogen-bond donors (Lipinski definition) is 1. The van der Waals surface area contributed by atoms with Crippen LogP contribution in [0.4, 0.5) is 5.69 Å². The van der Waals surface area contributed by atoms with Gasteiger partial charge in [-0.05, 0) is 18.6 Å². The summed E-state index contributed by atoms with van der Waals surface area (Å²) in [4.78, 5) is 26.3. The van der Waals surface area contributed by atoms with Crippen LogP contribution < -0.4 is 5.48 Å². The summed E-state index contributed by atoms with van der Waals surface area (Å²) >= 11 is 0. The number of carbonyl (C=O) groups is 1. The molecule has 0 unspecified atom stereocenters. The summed E-state index contributed by atoms with van der Waals surface area (Å²) in [5.41, 5.74) is 2.55. The third-order valence-corrected chi connectivity index (χ3v) is 2.11. The SMILES string of the molecule is CCCCONC(=O)c1ccc([N+](=O)[O-])cc1. The molecule has 1 amide bonds. The first-order chi connectivity index (χ1) is 8.15. The summed E-state index contributed by atoms with van der Waals surface area (Å²) in [6, 6.07) is 5.33. The fraction of sp³-hybridized carbons (Fsp3) is 0.364. The predicted octanol–water partition coefficient (Wildman–Crippen LogP) is 2.06. The third kappa shape index (κ3) is 4.20. The van der Waals surface area contributed by atoms with E-state index in [0.29, 0.717) is 12.2 Å². The molecule has 0 radical (unpaired) electrons. The molecule has 1 rings (SSSR count). The van der Waals surface area contributed by atoms with Crippen LogP contribution in [0.15, 0.2) is 24.3 Å². The average Bonchev–Trinajstić information content (AvgIpc) is 2.34. The first kappa shape index (κ1) is 13.1. The molecule has 92 valence electrons. The number of rotatable bonds is 6. The molecule has 1 aromatic carbocycles. The van der Waals surface area contributed by atoms with Gasteiger partial charge in [-0.15, -0.1) is 0 Å². The molecule has 1 aromatic rings. The second-order valence-corrected chi connectivity index (χ2v) is 3.44. The maximum atomic E-state index is 11.5. The van der Waals surface area contributed by atoms with Crippen LogP contribution in [-0.2, 0) is 4.84 Å². The van der Waals surface area contributed by atoms with Crippen molar-refractivity contribution in [3.05, 3.63) is 39.9 Å². The molecule has 0 fully saturated rings. The van der Waals surface area contributed by atoms with Gasteiger partial charge in [0, 0.05) is 17.7 Å². The number of nitro benzene ring substituents is 1. The Morgan fingerprint density at radius 1 is 1.41 bits per heavy atom. The van der Waals surface area contributed by atoms with Gasteiger partial charge in [0.15, 0.2) is 0 Å². The highest BCUT2D eigenvalue weighted by Crippen LogP contribution is 2.11. The van der Waals surface area contributed by atoms with Crippen LogP contribution in [0.1, 0.15) is 30.1 Å². The Labute approximate surface area is 98.7 Å². The van der Waals surface area contributed by atoms with Gasteiger partial charge in [0.05, 0.1) is 11.5 Å². The van der Waals surface area contributed by atoms with Crippen LogP contribution in [0.3, 0.4) is 0 Å². The lowest BCUT2D eigenvalue weighted by Crippen LogP contribution is -2.24. The van der Waals surface area contributed by atoms with Crippen molar-refractivity contribution in [2.24, 2.45) is 0 Å². The molecule has 0 heterocycles. The van der Waals surface area contributed by atoms with Crippen LogP contribution in [0.2, 0.25) is 0 Å². The summed E-state index contributed by atoms with van der Waals surface area (Å²) in [7, 11) is 0. The minimum absolute atomic E-state index is 0.0477. The van der Waals surface area contributed by atoms with Crippen molar-refractivity contribution in [1.82, 2.24) is 5.48 Å². The molecule has 6 nitrogen and oxygen atoms in total. The Morgan fingerprint density at radius 2 is 2.06 bits per heavy atom. The van der Waals surface area contributed by atoms with Gasteiger partial charge in [0.1, 0.15) is 0 Å². The van der Waals surface area contributed by atoms with Crippen molar-refractivity contribution >= 4 is 11.6 Å². The van der Waals surface area contributed by atoms with E-state index in [0.717, 1.165) is 12.8 Å². The molecule has 0 atom stereocenters. The van der Waals surface area contributed by atoms with Crippen LogP contribution in [0, 0.1) is 10.1 Å². The summed E-state index contributed by atoms with van der Waals surface area (Å²) in [5.74, 6) is -0.406. The van der Waals surface area contributed by atoms with Gasteiger partial charge in [0.2, 0.25) is 0 Å². The lowest BCUT2D eigenvalue weighted by atomic mass is 10.2. The molecule has 0 aliphatic rings. The summed E-state index contributed by atoms with van der Waals surface area (Å²) in [5, 5.41) is 10.4. The highest BCUT2D eigenvalue weighted by Gasteiger charge is 2.08. The lowest BCUT2D eigenvalue weighted by molar-refractivity contribution is -0.384. The normalized spacial score (nSPS) is 9.94. The monoisotopic (exact) mass is 238 g/mol. The van der Waals surface area contributed by atoms with Gasteiger partial charge >= 0.3 is 0 Å². The van der Waals surface area contributed by atoms with Gasteiger partial charge < -0.3 is 0 Å². The fourth-order valence-corrected chi connectivity index (χ4v) is 1.13. The zero-order valence-corrected chi connectivity index (χ0v) is 9.51. The van der Waals surface area contributed by atoms with Crippen molar-refractivity contribution in [2.45, 2.75) is 19.8 Å². The van der Waals surface area contributed by atoms with E-state index in [1.807, 2.05) is 6.92 Å². The van der Waals surface area contributed by atoms with Crippen LogP contribution in [-0.4, -0.2) is 17.4 Å². The number of unbranched alkanes of at least 4 members (excludes halogenated alkanes) is 1. The number of non-ortho nitro benzene ring substituents is 1. The second kappa shape index (κ2) is 6.59. The number of nitro groups is 1. The standard InChI is InChI=1S/C11H14N2O4/c1-2-3-8-17-12-11(14)9-4-6-10(7-5-9)13(15)16/h4-7H,2-3,8H2,1H3,(H,12,14). The van der Waals surface area contributed by atoms with Crippen molar-refractivity contribution in [2.75, 3.05) is 6.61 Å². The number of amides is 1. The van der Waals surface area contributed by atoms with E-state index >= 15 is 0 Å². The molecule has 0 bridgehead atoms. The van der Waals surface area contributed by atoms with Gasteiger partial charge in [-0.25, -0.2) is 5.48 Å². The van der Waals surface area contributed by atoms with E-state index in [4.69, 9.17) is 4.84 Å². The number of hydrogen-bond acceptors (Lipinski definition) is 4. The second-order valence-electron chi connectivity index (χ2n) is 3.44. The van der Waals surface area contributed by atoms with Gasteiger partial charge in [-0.3, -0.25) is 19.7 Å². The molecule has 0 aliphatic carbocycles. The minimum atomic E-state index is -0.514. The average molecular weight is 238 g/mol. The molecule has 1 N–H and O–H groups in total. The Morgan fingerprint density at radius 3 is 2.59 bits per heavy atom. The number of nitrogens with zero attached hydrogens (tertiary/aromatic N) is 1. The summed E-state index contributed by atoms with van der Waals surface area (Å²) in [6.07, 6.45) is 1.84. The van der Waals surface area contributed by atoms with Crippen molar-refractivity contribution < 1.29 is 14.6 Å². The molecule has 0 saturated heterocycles. The highest BCUT2D eigenvalue weighted by atomic mass is 16.6. The topological polar surface area (TPSA) is 81.5 Å². The third-order valence-electron chi connectivity index (χ3n) is 2.11. The maximum Gasteiger partial charge on any atom is 0.274 e. The van der Waals surface area contributed by atoms with E-state index in [2.05, 4.69) is 5.48 Å². The van der Waals surface area contributed by atoms with Crippen molar-refractivity contribution in [3.63, 3.8) is 0 Å². The number of hydroxylamine groups is 1. The zero-order valence-electron chi connectivity index (χ0n) is 9.51. The molecular weight excluding hydrogens is 224 g/mol. The van der Waals surface area contributed by atoms with Crippen LogP contribution in [0.25, 0.3) is 0 Å². The first-order valence-corrected chi connectivity index (χ1v) is 5.31. The van der Waals surface area contributed by atoms with E-state index in [1.165, 1.54) is 24.3 Å². The minimum Gasteiger partial charge on any atom is -0.273 e. The maximum absolute atomic E-state index is 11.5. The van der Waals surface area contributed by atoms with Gasteiger partial charge in [-0.2, -0.15) is 0 Å². The Hall–Kier alpha value is -1.95. The van der Waals surface area contributed by atoms with Gasteiger partial charge in [0.25, 0.3) is 11.6 Å². The van der Waals surface area contributed by atoms with Crippen molar-refractivity contribution in [1.29, 1.82) is 0 Å². The van der Waals surface area contributed by atoms with Crippen LogP contribution >= 0.6 is 0 Å². The molecule has 0 saturated carbocycles. The summed E-state index contributed by atoms with van der Waals surface area (Å²) in [6.45, 7) is 2.47. The smallest absolute Gasteiger partial charge is 0.273 e. The first-order valence-electron chi connectivity index (χ1n) is 5.31. The molecule has 0 aliphatic heterocycles. The predicted molar refractivity (Wildman–Crippen MR) is 61.4 cm³/mol. The Bertz CT molecular complexity index is 389. The van der Waals surface area contributed by atoms with E-state index in [9.17, 15) is 14.9 Å². The quantitative estimate of drug-likeness (QED) is 0.467. The Kier molecular flexibility index (Phi) is 5.09. The fourth-order valence-electron chi connectivity index (χ4n) is 1.13. The summed E-state index contributed by atoms with van der Waals surface area (Å²) < 4.78 is 0. The molecule has 0 aromatic heterocycles. The van der Waals surface area contributed by atoms with E-state index in [-0.39, 0.29) is 5.69 Å². The number of benzene rings is 1. The largest absolute Gasteiger partial charge is 0.274 e. The Balaban J connectivity index is 2.49. The molecule has 17 heavy (non-hydrogen) atoms. The van der Waals surface area contributed by atoms with Gasteiger partial charge in [-0.1, -0.05) is 13.3 Å². The zero-order chi connectivity index (χ0) is 12.7. The van der Waals surface area contributed by atoms with Crippen LogP contribution in [0.5, 0.6) is 0 Å².